The number of halogens is 2. The standard InChI is InChI=1S/C16H18F2N2O/c1-2-16(17,18)21-10-12-4-3-5-14(8-12)20-9-15(19-11-20)13-6-7-13/h3-5,8-9,11,13H,2,6-7,10H2,1H3. The molecule has 0 spiro atoms. The molecule has 1 fully saturated rings. The number of imidazole rings is 1. The summed E-state index contributed by atoms with van der Waals surface area (Å²) in [4.78, 5) is 4.39. The lowest BCUT2D eigenvalue weighted by molar-refractivity contribution is -0.246. The molecule has 0 atom stereocenters. The van der Waals surface area contributed by atoms with Gasteiger partial charge in [-0.3, -0.25) is 0 Å². The summed E-state index contributed by atoms with van der Waals surface area (Å²) in [5.74, 6) is 0.598. The molecule has 5 heteroatoms. The Morgan fingerprint density at radius 3 is 2.90 bits per heavy atom. The summed E-state index contributed by atoms with van der Waals surface area (Å²) in [5, 5.41) is 0. The molecule has 0 radical (unpaired) electrons. The largest absolute Gasteiger partial charge is 0.355 e. The summed E-state index contributed by atoms with van der Waals surface area (Å²) in [6.45, 7) is 1.31. The van der Waals surface area contributed by atoms with Gasteiger partial charge in [0.15, 0.2) is 0 Å². The van der Waals surface area contributed by atoms with Gasteiger partial charge in [-0.15, -0.1) is 0 Å². The van der Waals surface area contributed by atoms with E-state index >= 15 is 0 Å². The van der Waals surface area contributed by atoms with Crippen molar-refractivity contribution in [2.45, 2.75) is 44.8 Å². The molecule has 0 N–H and O–H groups in total. The highest BCUT2D eigenvalue weighted by atomic mass is 19.3. The van der Waals surface area contributed by atoms with Crippen LogP contribution in [-0.2, 0) is 11.3 Å². The van der Waals surface area contributed by atoms with E-state index in [0.717, 1.165) is 16.9 Å². The van der Waals surface area contributed by atoms with E-state index in [1.807, 2.05) is 29.0 Å². The van der Waals surface area contributed by atoms with Crippen molar-refractivity contribution >= 4 is 0 Å². The number of rotatable bonds is 6. The lowest BCUT2D eigenvalue weighted by Gasteiger charge is -2.15. The first-order chi connectivity index (χ1) is 10.1. The Kier molecular flexibility index (Phi) is 3.76. The smallest absolute Gasteiger partial charge is 0.316 e. The SMILES string of the molecule is CCC(F)(F)OCc1cccc(-n2cnc(C3CC3)c2)c1. The van der Waals surface area contributed by atoms with Crippen molar-refractivity contribution in [2.75, 3.05) is 0 Å². The monoisotopic (exact) mass is 292 g/mol. The fraction of sp³-hybridized carbons (Fsp3) is 0.438. The number of hydrogen-bond donors (Lipinski definition) is 0. The van der Waals surface area contributed by atoms with Crippen LogP contribution in [-0.4, -0.2) is 15.7 Å². The maximum Gasteiger partial charge on any atom is 0.355 e. The molecule has 0 aliphatic heterocycles. The predicted molar refractivity (Wildman–Crippen MR) is 75.6 cm³/mol. The van der Waals surface area contributed by atoms with Gasteiger partial charge in [0, 0.05) is 24.2 Å². The average Bonchev–Trinajstić information content (AvgIpc) is 3.23. The molecule has 3 rings (SSSR count). The van der Waals surface area contributed by atoms with Crippen molar-refractivity contribution in [1.29, 1.82) is 0 Å². The fourth-order valence-corrected chi connectivity index (χ4v) is 2.17. The van der Waals surface area contributed by atoms with E-state index in [0.29, 0.717) is 5.92 Å². The molecule has 112 valence electrons. The van der Waals surface area contributed by atoms with E-state index in [-0.39, 0.29) is 13.0 Å². The second kappa shape index (κ2) is 5.56. The Labute approximate surface area is 122 Å². The van der Waals surface area contributed by atoms with Gasteiger partial charge in [-0.25, -0.2) is 4.98 Å². The van der Waals surface area contributed by atoms with Gasteiger partial charge < -0.3 is 9.30 Å². The normalized spacial score (nSPS) is 15.4. The quantitative estimate of drug-likeness (QED) is 0.795. The van der Waals surface area contributed by atoms with Crippen molar-refractivity contribution in [3.05, 3.63) is 48.0 Å². The number of ether oxygens (including phenoxy) is 1. The number of nitrogens with zero attached hydrogens (tertiary/aromatic N) is 2. The molecule has 0 saturated heterocycles. The molecular formula is C16H18F2N2O. The minimum Gasteiger partial charge on any atom is -0.316 e. The Morgan fingerprint density at radius 2 is 2.19 bits per heavy atom. The first-order valence-electron chi connectivity index (χ1n) is 7.22. The van der Waals surface area contributed by atoms with Crippen LogP contribution in [0.5, 0.6) is 0 Å². The lowest BCUT2D eigenvalue weighted by Crippen LogP contribution is -2.18. The number of benzene rings is 1. The van der Waals surface area contributed by atoms with Crippen LogP contribution in [0.1, 0.15) is 43.4 Å². The van der Waals surface area contributed by atoms with Gasteiger partial charge in [-0.1, -0.05) is 19.1 Å². The molecule has 1 heterocycles. The van der Waals surface area contributed by atoms with Crippen molar-refractivity contribution in [3.63, 3.8) is 0 Å². The van der Waals surface area contributed by atoms with Crippen molar-refractivity contribution in [1.82, 2.24) is 9.55 Å². The molecule has 3 nitrogen and oxygen atoms in total. The van der Waals surface area contributed by atoms with Crippen LogP contribution in [0.25, 0.3) is 5.69 Å². The van der Waals surface area contributed by atoms with Crippen LogP contribution >= 0.6 is 0 Å². The second-order valence-corrected chi connectivity index (χ2v) is 5.43. The summed E-state index contributed by atoms with van der Waals surface area (Å²) in [6, 6.07) is 7.41. The van der Waals surface area contributed by atoms with E-state index in [1.165, 1.54) is 19.8 Å². The van der Waals surface area contributed by atoms with Crippen LogP contribution < -0.4 is 0 Å². The predicted octanol–water partition coefficient (Wildman–Crippen LogP) is 4.27. The first kappa shape index (κ1) is 14.2. The molecule has 1 aromatic heterocycles. The number of alkyl halides is 2. The molecular weight excluding hydrogens is 274 g/mol. The molecule has 0 unspecified atom stereocenters. The Hall–Kier alpha value is -1.75. The number of hydrogen-bond acceptors (Lipinski definition) is 2. The molecule has 1 aromatic carbocycles. The molecule has 1 aliphatic rings. The zero-order chi connectivity index (χ0) is 14.9. The Morgan fingerprint density at radius 1 is 1.38 bits per heavy atom. The van der Waals surface area contributed by atoms with Crippen LogP contribution in [0, 0.1) is 0 Å². The summed E-state index contributed by atoms with van der Waals surface area (Å²) >= 11 is 0. The van der Waals surface area contributed by atoms with Crippen LogP contribution in [0.3, 0.4) is 0 Å². The van der Waals surface area contributed by atoms with Gasteiger partial charge in [0.25, 0.3) is 0 Å². The highest BCUT2D eigenvalue weighted by Crippen LogP contribution is 2.39. The van der Waals surface area contributed by atoms with Gasteiger partial charge in [0.05, 0.1) is 18.6 Å². The fourth-order valence-electron chi connectivity index (χ4n) is 2.17. The Balaban J connectivity index is 1.72. The van der Waals surface area contributed by atoms with E-state index < -0.39 is 6.11 Å². The van der Waals surface area contributed by atoms with Crippen molar-refractivity contribution in [3.8, 4) is 5.69 Å². The molecule has 0 amide bonds. The second-order valence-electron chi connectivity index (χ2n) is 5.43. The van der Waals surface area contributed by atoms with Crippen molar-refractivity contribution in [2.24, 2.45) is 0 Å². The topological polar surface area (TPSA) is 27.1 Å². The first-order valence-corrected chi connectivity index (χ1v) is 7.22. The van der Waals surface area contributed by atoms with Gasteiger partial charge in [-0.05, 0) is 30.5 Å². The van der Waals surface area contributed by atoms with Crippen LogP contribution in [0.4, 0.5) is 8.78 Å². The minimum absolute atomic E-state index is 0.0984. The lowest BCUT2D eigenvalue weighted by atomic mass is 10.2. The van der Waals surface area contributed by atoms with Crippen LogP contribution in [0.2, 0.25) is 0 Å². The van der Waals surface area contributed by atoms with E-state index in [1.54, 1.807) is 12.4 Å². The summed E-state index contributed by atoms with van der Waals surface area (Å²) in [7, 11) is 0. The van der Waals surface area contributed by atoms with Gasteiger partial charge >= 0.3 is 6.11 Å². The molecule has 0 bridgehead atoms. The highest BCUT2D eigenvalue weighted by Gasteiger charge is 2.27. The van der Waals surface area contributed by atoms with Gasteiger partial charge in [-0.2, -0.15) is 8.78 Å². The van der Waals surface area contributed by atoms with Crippen LogP contribution in [0.15, 0.2) is 36.8 Å². The molecule has 1 saturated carbocycles. The third-order valence-corrected chi connectivity index (χ3v) is 3.67. The van der Waals surface area contributed by atoms with E-state index in [9.17, 15) is 8.78 Å². The zero-order valence-corrected chi connectivity index (χ0v) is 11.9. The maximum atomic E-state index is 13.1. The Bertz CT molecular complexity index is 620. The average molecular weight is 292 g/mol. The highest BCUT2D eigenvalue weighted by molar-refractivity contribution is 5.36. The van der Waals surface area contributed by atoms with Gasteiger partial charge in [0.1, 0.15) is 0 Å². The van der Waals surface area contributed by atoms with Gasteiger partial charge in [0.2, 0.25) is 0 Å². The third kappa shape index (κ3) is 3.47. The molecule has 1 aliphatic carbocycles. The summed E-state index contributed by atoms with van der Waals surface area (Å²) in [6.07, 6.45) is 2.81. The molecule has 2 aromatic rings. The zero-order valence-electron chi connectivity index (χ0n) is 11.9. The van der Waals surface area contributed by atoms with E-state index in [2.05, 4.69) is 9.72 Å². The van der Waals surface area contributed by atoms with E-state index in [4.69, 9.17) is 0 Å². The summed E-state index contributed by atoms with van der Waals surface area (Å²) < 4.78 is 32.8. The number of aromatic nitrogens is 2. The maximum absolute atomic E-state index is 13.1. The van der Waals surface area contributed by atoms with Crippen molar-refractivity contribution < 1.29 is 13.5 Å². The minimum atomic E-state index is -3.07. The summed E-state index contributed by atoms with van der Waals surface area (Å²) in [5.41, 5.74) is 2.74. The third-order valence-electron chi connectivity index (χ3n) is 3.67. The molecule has 21 heavy (non-hydrogen) atoms.